The maximum absolute atomic E-state index is 12.3. The maximum atomic E-state index is 12.3. The molecule has 3 aromatic heterocycles. The van der Waals surface area contributed by atoms with Gasteiger partial charge in [-0.25, -0.2) is 19.2 Å². The fraction of sp³-hybridized carbons (Fsp3) is 0.231. The highest BCUT2D eigenvalue weighted by Gasteiger charge is 2.16. The SMILES string of the molecule is CCOC(=O)c1cnc2c3c(C)csc3ncn2c1=O. The summed E-state index contributed by atoms with van der Waals surface area (Å²) >= 11 is 1.50. The molecule has 7 heteroatoms. The molecule has 0 aliphatic carbocycles. The Hall–Kier alpha value is -2.28. The average Bonchev–Trinajstić information content (AvgIpc) is 2.81. The number of nitrogens with zero attached hydrogens (tertiary/aromatic N) is 3. The van der Waals surface area contributed by atoms with Gasteiger partial charge in [0.15, 0.2) is 5.65 Å². The van der Waals surface area contributed by atoms with Crippen LogP contribution >= 0.6 is 11.3 Å². The minimum atomic E-state index is -0.665. The number of esters is 1. The van der Waals surface area contributed by atoms with Gasteiger partial charge in [0.25, 0.3) is 5.56 Å². The van der Waals surface area contributed by atoms with Crippen LogP contribution in [0.1, 0.15) is 22.8 Å². The number of carbonyl (C=O) groups is 1. The minimum absolute atomic E-state index is 0.0848. The Kier molecular flexibility index (Phi) is 2.98. The molecular weight excluding hydrogens is 278 g/mol. The fourth-order valence-corrected chi connectivity index (χ4v) is 2.90. The summed E-state index contributed by atoms with van der Waals surface area (Å²) in [5.74, 6) is -0.665. The largest absolute Gasteiger partial charge is 0.462 e. The molecule has 3 rings (SSSR count). The number of hydrogen-bond donors (Lipinski definition) is 0. The number of carbonyl (C=O) groups excluding carboxylic acids is 1. The van der Waals surface area contributed by atoms with Crippen LogP contribution in [0.15, 0.2) is 22.7 Å². The first-order chi connectivity index (χ1) is 9.63. The molecule has 0 N–H and O–H groups in total. The third-order valence-electron chi connectivity index (χ3n) is 2.96. The molecule has 0 radical (unpaired) electrons. The van der Waals surface area contributed by atoms with Crippen LogP contribution in [-0.2, 0) is 4.74 Å². The van der Waals surface area contributed by atoms with Gasteiger partial charge in [0.2, 0.25) is 0 Å². The van der Waals surface area contributed by atoms with Crippen LogP contribution in [0.25, 0.3) is 15.9 Å². The second-order valence-corrected chi connectivity index (χ2v) is 5.09. The highest BCUT2D eigenvalue weighted by molar-refractivity contribution is 7.17. The quantitative estimate of drug-likeness (QED) is 0.672. The number of ether oxygens (including phenoxy) is 1. The molecule has 20 heavy (non-hydrogen) atoms. The van der Waals surface area contributed by atoms with Crippen molar-refractivity contribution in [3.05, 3.63) is 39.4 Å². The Morgan fingerprint density at radius 3 is 3.00 bits per heavy atom. The lowest BCUT2D eigenvalue weighted by atomic mass is 10.2. The molecule has 0 atom stereocenters. The predicted molar refractivity (Wildman–Crippen MR) is 75.3 cm³/mol. The van der Waals surface area contributed by atoms with Crippen LogP contribution < -0.4 is 5.56 Å². The van der Waals surface area contributed by atoms with E-state index in [2.05, 4.69) is 9.97 Å². The first kappa shape index (κ1) is 12.7. The lowest BCUT2D eigenvalue weighted by Gasteiger charge is -2.04. The van der Waals surface area contributed by atoms with E-state index in [-0.39, 0.29) is 12.2 Å². The molecular formula is C13H11N3O3S. The van der Waals surface area contributed by atoms with E-state index in [0.717, 1.165) is 15.8 Å². The van der Waals surface area contributed by atoms with Crippen LogP contribution in [0.2, 0.25) is 0 Å². The Bertz CT molecular complexity index is 882. The van der Waals surface area contributed by atoms with Gasteiger partial charge in [-0.3, -0.25) is 4.79 Å². The van der Waals surface area contributed by atoms with Crippen molar-refractivity contribution in [2.75, 3.05) is 6.61 Å². The van der Waals surface area contributed by atoms with E-state index >= 15 is 0 Å². The van der Waals surface area contributed by atoms with Crippen LogP contribution in [0, 0.1) is 6.92 Å². The van der Waals surface area contributed by atoms with E-state index in [1.807, 2.05) is 12.3 Å². The van der Waals surface area contributed by atoms with Gasteiger partial charge in [0.05, 0.1) is 12.0 Å². The molecule has 0 unspecified atom stereocenters. The summed E-state index contributed by atoms with van der Waals surface area (Å²) < 4.78 is 6.13. The van der Waals surface area contributed by atoms with Crippen LogP contribution in [-0.4, -0.2) is 26.9 Å². The predicted octanol–water partition coefficient (Wildman–Crippen LogP) is 1.79. The highest BCUT2D eigenvalue weighted by atomic mass is 32.1. The smallest absolute Gasteiger partial charge is 0.345 e. The molecule has 0 saturated carbocycles. The van der Waals surface area contributed by atoms with Gasteiger partial charge in [0.1, 0.15) is 16.7 Å². The molecule has 3 heterocycles. The van der Waals surface area contributed by atoms with Crippen LogP contribution in [0.5, 0.6) is 0 Å². The van der Waals surface area contributed by atoms with Crippen molar-refractivity contribution < 1.29 is 9.53 Å². The van der Waals surface area contributed by atoms with Gasteiger partial charge in [-0.05, 0) is 24.8 Å². The summed E-state index contributed by atoms with van der Waals surface area (Å²) in [6.45, 7) is 3.83. The van der Waals surface area contributed by atoms with E-state index in [0.29, 0.717) is 5.65 Å². The van der Waals surface area contributed by atoms with Gasteiger partial charge >= 0.3 is 5.97 Å². The lowest BCUT2D eigenvalue weighted by molar-refractivity contribution is 0.0523. The van der Waals surface area contributed by atoms with Crippen molar-refractivity contribution in [3.63, 3.8) is 0 Å². The van der Waals surface area contributed by atoms with Crippen molar-refractivity contribution in [3.8, 4) is 0 Å². The average molecular weight is 289 g/mol. The number of rotatable bonds is 2. The number of aromatic nitrogens is 3. The molecule has 0 saturated heterocycles. The van der Waals surface area contributed by atoms with E-state index in [9.17, 15) is 9.59 Å². The zero-order chi connectivity index (χ0) is 14.3. The third kappa shape index (κ3) is 1.78. The van der Waals surface area contributed by atoms with Crippen molar-refractivity contribution in [1.29, 1.82) is 0 Å². The highest BCUT2D eigenvalue weighted by Crippen LogP contribution is 2.25. The fourth-order valence-electron chi connectivity index (χ4n) is 2.02. The summed E-state index contributed by atoms with van der Waals surface area (Å²) in [5, 5.41) is 2.80. The molecule has 0 spiro atoms. The lowest BCUT2D eigenvalue weighted by Crippen LogP contribution is -2.24. The van der Waals surface area contributed by atoms with Crippen molar-refractivity contribution in [1.82, 2.24) is 14.4 Å². The number of aryl methyl sites for hydroxylation is 1. The van der Waals surface area contributed by atoms with E-state index in [1.54, 1.807) is 6.92 Å². The van der Waals surface area contributed by atoms with E-state index in [1.165, 1.54) is 28.3 Å². The zero-order valence-corrected chi connectivity index (χ0v) is 11.7. The summed E-state index contributed by atoms with van der Waals surface area (Å²) in [7, 11) is 0. The zero-order valence-electron chi connectivity index (χ0n) is 10.9. The monoisotopic (exact) mass is 289 g/mol. The third-order valence-corrected chi connectivity index (χ3v) is 3.96. The molecule has 0 fully saturated rings. The Balaban J connectivity index is 2.34. The van der Waals surface area contributed by atoms with Gasteiger partial charge in [-0.1, -0.05) is 0 Å². The van der Waals surface area contributed by atoms with Crippen molar-refractivity contribution in [2.24, 2.45) is 0 Å². The van der Waals surface area contributed by atoms with Crippen LogP contribution in [0.4, 0.5) is 0 Å². The summed E-state index contributed by atoms with van der Waals surface area (Å²) in [6.07, 6.45) is 2.66. The molecule has 3 aromatic rings. The molecule has 6 nitrogen and oxygen atoms in total. The van der Waals surface area contributed by atoms with E-state index in [4.69, 9.17) is 4.74 Å². The van der Waals surface area contributed by atoms with Crippen molar-refractivity contribution >= 4 is 33.2 Å². The molecule has 0 amide bonds. The molecule has 0 aromatic carbocycles. The van der Waals surface area contributed by atoms with Gasteiger partial charge < -0.3 is 4.74 Å². The molecule has 0 aliphatic rings. The van der Waals surface area contributed by atoms with Gasteiger partial charge in [-0.15, -0.1) is 11.3 Å². The Morgan fingerprint density at radius 1 is 1.45 bits per heavy atom. The summed E-state index contributed by atoms with van der Waals surface area (Å²) in [5.41, 5.74) is 0.963. The first-order valence-corrected chi connectivity index (χ1v) is 6.92. The Morgan fingerprint density at radius 2 is 2.25 bits per heavy atom. The molecule has 0 aliphatic heterocycles. The normalized spacial score (nSPS) is 11.1. The topological polar surface area (TPSA) is 73.6 Å². The number of fused-ring (bicyclic) bond motifs is 3. The van der Waals surface area contributed by atoms with Gasteiger partial charge in [0, 0.05) is 6.20 Å². The number of hydrogen-bond acceptors (Lipinski definition) is 6. The number of thiophene rings is 1. The summed E-state index contributed by atoms with van der Waals surface area (Å²) in [6, 6.07) is 0. The Labute approximate surface area is 117 Å². The second-order valence-electron chi connectivity index (χ2n) is 4.23. The van der Waals surface area contributed by atoms with Crippen molar-refractivity contribution in [2.45, 2.75) is 13.8 Å². The first-order valence-electron chi connectivity index (χ1n) is 6.04. The van der Waals surface area contributed by atoms with Crippen LogP contribution in [0.3, 0.4) is 0 Å². The standard InChI is InChI=1S/C13H11N3O3S/c1-3-19-13(18)8-4-14-10-9-7(2)5-20-11(9)15-6-16(10)12(8)17/h4-6H,3H2,1-2H3. The summed E-state index contributed by atoms with van der Waals surface area (Å²) in [4.78, 5) is 33.3. The van der Waals surface area contributed by atoms with Gasteiger partial charge in [-0.2, -0.15) is 0 Å². The van der Waals surface area contributed by atoms with E-state index < -0.39 is 11.5 Å². The second kappa shape index (κ2) is 4.68. The minimum Gasteiger partial charge on any atom is -0.462 e. The maximum Gasteiger partial charge on any atom is 0.345 e. The molecule has 0 bridgehead atoms. The molecule has 102 valence electrons.